The van der Waals surface area contributed by atoms with Crippen LogP contribution in [0.1, 0.15) is 29.5 Å². The maximum absolute atomic E-state index is 12.8. The van der Waals surface area contributed by atoms with Gasteiger partial charge in [0.15, 0.2) is 0 Å². The fourth-order valence-electron chi connectivity index (χ4n) is 3.07. The van der Waals surface area contributed by atoms with E-state index in [4.69, 9.17) is 5.11 Å². The van der Waals surface area contributed by atoms with Gasteiger partial charge in [-0.05, 0) is 44.7 Å². The number of hydrogen-bond donors (Lipinski definition) is 1. The third kappa shape index (κ3) is 3.11. The Bertz CT molecular complexity index is 643. The Kier molecular flexibility index (Phi) is 4.39. The number of carboxylic acids is 1. The second kappa shape index (κ2) is 5.77. The van der Waals surface area contributed by atoms with Crippen molar-refractivity contribution in [2.45, 2.75) is 38.5 Å². The average Bonchev–Trinajstić information content (AvgIpc) is 2.37. The first kappa shape index (κ1) is 16.0. The summed E-state index contributed by atoms with van der Waals surface area (Å²) in [5.41, 5.74) is 2.45. The van der Waals surface area contributed by atoms with E-state index in [2.05, 4.69) is 0 Å². The van der Waals surface area contributed by atoms with Gasteiger partial charge in [-0.3, -0.25) is 4.79 Å². The summed E-state index contributed by atoms with van der Waals surface area (Å²) in [4.78, 5) is 11.4. The van der Waals surface area contributed by atoms with Crippen LogP contribution in [0.15, 0.2) is 17.0 Å². The Hall–Kier alpha value is -1.40. The van der Waals surface area contributed by atoms with Crippen molar-refractivity contribution in [1.29, 1.82) is 0 Å². The number of carbonyl (C=O) groups is 1. The molecule has 1 fully saturated rings. The van der Waals surface area contributed by atoms with E-state index in [1.807, 2.05) is 19.1 Å². The summed E-state index contributed by atoms with van der Waals surface area (Å²) >= 11 is 0. The zero-order chi connectivity index (χ0) is 15.8. The van der Waals surface area contributed by atoms with E-state index in [0.717, 1.165) is 5.56 Å². The first-order chi connectivity index (χ1) is 9.73. The van der Waals surface area contributed by atoms with Crippen LogP contribution in [0.2, 0.25) is 0 Å². The number of hydrogen-bond acceptors (Lipinski definition) is 3. The molecule has 1 heterocycles. The molecule has 1 aliphatic heterocycles. The van der Waals surface area contributed by atoms with Crippen molar-refractivity contribution < 1.29 is 18.3 Å². The van der Waals surface area contributed by atoms with Crippen molar-refractivity contribution in [2.24, 2.45) is 5.92 Å². The van der Waals surface area contributed by atoms with E-state index in [9.17, 15) is 13.2 Å². The average molecular weight is 311 g/mol. The van der Waals surface area contributed by atoms with Crippen molar-refractivity contribution in [2.75, 3.05) is 13.1 Å². The topological polar surface area (TPSA) is 74.7 Å². The minimum atomic E-state index is -3.64. The van der Waals surface area contributed by atoms with Gasteiger partial charge in [0.1, 0.15) is 0 Å². The highest BCUT2D eigenvalue weighted by Gasteiger charge is 2.34. The van der Waals surface area contributed by atoms with Crippen LogP contribution in [-0.4, -0.2) is 36.9 Å². The zero-order valence-electron chi connectivity index (χ0n) is 12.6. The molecule has 1 aromatic carbocycles. The molecule has 6 heteroatoms. The Balaban J connectivity index is 2.41. The molecule has 5 nitrogen and oxygen atoms in total. The molecule has 0 unspecified atom stereocenters. The molecule has 0 aliphatic carbocycles. The van der Waals surface area contributed by atoms with E-state index >= 15 is 0 Å². The lowest BCUT2D eigenvalue weighted by atomic mass is 10.0. The first-order valence-electron chi connectivity index (χ1n) is 7.04. The fraction of sp³-hybridized carbons (Fsp3) is 0.533. The van der Waals surface area contributed by atoms with E-state index < -0.39 is 21.9 Å². The van der Waals surface area contributed by atoms with Crippen molar-refractivity contribution >= 4 is 16.0 Å². The monoisotopic (exact) mass is 311 g/mol. The third-order valence-corrected chi connectivity index (χ3v) is 6.11. The molecule has 116 valence electrons. The predicted octanol–water partition coefficient (Wildman–Crippen LogP) is 2.10. The maximum Gasteiger partial charge on any atom is 0.307 e. The Morgan fingerprint density at radius 2 is 1.81 bits per heavy atom. The molecule has 0 radical (unpaired) electrons. The quantitative estimate of drug-likeness (QED) is 0.927. The summed E-state index contributed by atoms with van der Waals surface area (Å²) < 4.78 is 27.0. The Morgan fingerprint density at radius 1 is 1.24 bits per heavy atom. The molecule has 1 N–H and O–H groups in total. The van der Waals surface area contributed by atoms with Gasteiger partial charge in [0.05, 0.1) is 10.8 Å². The zero-order valence-corrected chi connectivity index (χ0v) is 13.4. The third-order valence-electron chi connectivity index (χ3n) is 3.94. The molecule has 0 bridgehead atoms. The SMILES string of the molecule is Cc1cc(C)c(S(=O)(=O)N2CCC[C@@H](C(=O)O)C2)c(C)c1. The van der Waals surface area contributed by atoms with Crippen molar-refractivity contribution in [3.63, 3.8) is 0 Å². The molecular weight excluding hydrogens is 290 g/mol. The highest BCUT2D eigenvalue weighted by molar-refractivity contribution is 7.89. The minimum absolute atomic E-state index is 0.0599. The van der Waals surface area contributed by atoms with Gasteiger partial charge in [0, 0.05) is 13.1 Å². The first-order valence-corrected chi connectivity index (χ1v) is 8.48. The maximum atomic E-state index is 12.8. The van der Waals surface area contributed by atoms with Crippen LogP contribution in [0.3, 0.4) is 0 Å². The van der Waals surface area contributed by atoms with Crippen LogP contribution in [0, 0.1) is 26.7 Å². The van der Waals surface area contributed by atoms with Gasteiger partial charge < -0.3 is 5.11 Å². The smallest absolute Gasteiger partial charge is 0.307 e. The summed E-state index contributed by atoms with van der Waals surface area (Å²) in [6.45, 7) is 5.94. The molecule has 2 rings (SSSR count). The van der Waals surface area contributed by atoms with Gasteiger partial charge in [-0.2, -0.15) is 4.31 Å². The number of aliphatic carboxylic acids is 1. The highest BCUT2D eigenvalue weighted by atomic mass is 32.2. The van der Waals surface area contributed by atoms with Gasteiger partial charge in [-0.25, -0.2) is 8.42 Å². The van der Waals surface area contributed by atoms with Gasteiger partial charge in [0.25, 0.3) is 0 Å². The van der Waals surface area contributed by atoms with E-state index in [-0.39, 0.29) is 6.54 Å². The van der Waals surface area contributed by atoms with Gasteiger partial charge >= 0.3 is 5.97 Å². The molecular formula is C15H21NO4S. The number of nitrogens with zero attached hydrogens (tertiary/aromatic N) is 1. The standard InChI is InChI=1S/C15H21NO4S/c1-10-7-11(2)14(12(3)8-10)21(19,20)16-6-4-5-13(9-16)15(17)18/h7-8,13H,4-6,9H2,1-3H3,(H,17,18)/t13-/m1/s1. The van der Waals surface area contributed by atoms with E-state index in [0.29, 0.717) is 35.4 Å². The summed E-state index contributed by atoms with van der Waals surface area (Å²) in [5, 5.41) is 9.12. The lowest BCUT2D eigenvalue weighted by molar-refractivity contribution is -0.142. The van der Waals surface area contributed by atoms with Gasteiger partial charge in [0.2, 0.25) is 10.0 Å². The largest absolute Gasteiger partial charge is 0.481 e. The molecule has 1 aliphatic rings. The second-order valence-corrected chi connectivity index (χ2v) is 7.64. The van der Waals surface area contributed by atoms with E-state index in [1.54, 1.807) is 13.8 Å². The van der Waals surface area contributed by atoms with Crippen LogP contribution in [0.4, 0.5) is 0 Å². The lowest BCUT2D eigenvalue weighted by Crippen LogP contribution is -2.42. The number of carboxylic acid groups (broad SMARTS) is 1. The molecule has 21 heavy (non-hydrogen) atoms. The molecule has 1 aromatic rings. The number of benzene rings is 1. The van der Waals surface area contributed by atoms with Crippen molar-refractivity contribution in [1.82, 2.24) is 4.31 Å². The van der Waals surface area contributed by atoms with Crippen LogP contribution in [0.25, 0.3) is 0 Å². The molecule has 0 amide bonds. The molecule has 0 spiro atoms. The summed E-state index contributed by atoms with van der Waals surface area (Å²) in [6, 6.07) is 3.69. The van der Waals surface area contributed by atoms with Gasteiger partial charge in [-0.1, -0.05) is 17.7 Å². The molecule has 0 aromatic heterocycles. The minimum Gasteiger partial charge on any atom is -0.481 e. The molecule has 1 atom stereocenters. The number of sulfonamides is 1. The highest BCUT2D eigenvalue weighted by Crippen LogP contribution is 2.28. The number of piperidine rings is 1. The fourth-order valence-corrected chi connectivity index (χ4v) is 5.00. The summed E-state index contributed by atoms with van der Waals surface area (Å²) in [5.74, 6) is -1.54. The summed E-state index contributed by atoms with van der Waals surface area (Å²) in [6.07, 6.45) is 1.12. The lowest BCUT2D eigenvalue weighted by Gasteiger charge is -2.30. The second-order valence-electron chi connectivity index (χ2n) is 5.77. The normalized spacial score (nSPS) is 20.4. The van der Waals surface area contributed by atoms with Crippen molar-refractivity contribution in [3.8, 4) is 0 Å². The van der Waals surface area contributed by atoms with Crippen molar-refractivity contribution in [3.05, 3.63) is 28.8 Å². The Labute approximate surface area is 125 Å². The van der Waals surface area contributed by atoms with Crippen LogP contribution < -0.4 is 0 Å². The van der Waals surface area contributed by atoms with Crippen LogP contribution in [-0.2, 0) is 14.8 Å². The van der Waals surface area contributed by atoms with Crippen LogP contribution >= 0.6 is 0 Å². The van der Waals surface area contributed by atoms with Gasteiger partial charge in [-0.15, -0.1) is 0 Å². The summed E-state index contributed by atoms with van der Waals surface area (Å²) in [7, 11) is -3.64. The van der Waals surface area contributed by atoms with Crippen LogP contribution in [0.5, 0.6) is 0 Å². The number of rotatable bonds is 3. The van der Waals surface area contributed by atoms with E-state index in [1.165, 1.54) is 4.31 Å². The number of aryl methyl sites for hydroxylation is 3. The molecule has 0 saturated carbocycles. The predicted molar refractivity (Wildman–Crippen MR) is 79.8 cm³/mol. The molecule has 1 saturated heterocycles. The Morgan fingerprint density at radius 3 is 2.33 bits per heavy atom.